The fourth-order valence-corrected chi connectivity index (χ4v) is 3.01. The van der Waals surface area contributed by atoms with Crippen molar-refractivity contribution in [3.05, 3.63) is 58.9 Å². The van der Waals surface area contributed by atoms with Crippen LogP contribution in [0.5, 0.6) is 5.75 Å². The number of ether oxygens (including phenoxy) is 1. The van der Waals surface area contributed by atoms with Gasteiger partial charge in [0.25, 0.3) is 0 Å². The predicted molar refractivity (Wildman–Crippen MR) is 84.8 cm³/mol. The first-order chi connectivity index (χ1) is 10.3. The highest BCUT2D eigenvalue weighted by molar-refractivity contribution is 5.44. The minimum Gasteiger partial charge on any atom is -0.493 e. The van der Waals surface area contributed by atoms with Crippen molar-refractivity contribution < 1.29 is 4.74 Å². The van der Waals surface area contributed by atoms with Crippen LogP contribution in [0.2, 0.25) is 0 Å². The van der Waals surface area contributed by atoms with E-state index in [0.29, 0.717) is 0 Å². The molecule has 3 rings (SSSR count). The van der Waals surface area contributed by atoms with Gasteiger partial charge in [0.1, 0.15) is 5.75 Å². The van der Waals surface area contributed by atoms with Crippen molar-refractivity contribution in [1.29, 1.82) is 0 Å². The number of aromatic nitrogens is 1. The molecule has 1 atom stereocenters. The van der Waals surface area contributed by atoms with Gasteiger partial charge in [-0.2, -0.15) is 0 Å². The van der Waals surface area contributed by atoms with Crippen LogP contribution in [-0.2, 0) is 12.8 Å². The number of fused-ring (bicyclic) bond motifs is 1. The number of rotatable bonds is 5. The van der Waals surface area contributed by atoms with E-state index in [4.69, 9.17) is 4.74 Å². The highest BCUT2D eigenvalue weighted by atomic mass is 16.5. The molecule has 21 heavy (non-hydrogen) atoms. The van der Waals surface area contributed by atoms with E-state index in [9.17, 15) is 0 Å². The summed E-state index contributed by atoms with van der Waals surface area (Å²) in [5.41, 5.74) is 5.26. The largest absolute Gasteiger partial charge is 0.493 e. The normalized spacial score (nSPS) is 14.6. The van der Waals surface area contributed by atoms with E-state index in [-0.39, 0.29) is 6.04 Å². The minimum atomic E-state index is 0.221. The maximum absolute atomic E-state index is 5.61. The molecular formula is C18H22N2O. The zero-order valence-electron chi connectivity index (χ0n) is 12.7. The van der Waals surface area contributed by atoms with Crippen molar-refractivity contribution >= 4 is 0 Å². The summed E-state index contributed by atoms with van der Waals surface area (Å²) < 4.78 is 5.61. The first-order valence-corrected chi connectivity index (χ1v) is 7.75. The molecule has 0 spiro atoms. The molecule has 1 unspecified atom stereocenters. The first-order valence-electron chi connectivity index (χ1n) is 7.75. The summed E-state index contributed by atoms with van der Waals surface area (Å²) in [6.07, 6.45) is 5.88. The molecule has 0 aliphatic carbocycles. The standard InChI is InChI=1S/C18H22N2O/c1-3-13-12-19-9-7-16(13)18(20-4-2)15-5-6-17-14(11-15)8-10-21-17/h5-7,9,11-12,18,20H,3-4,8,10H2,1-2H3. The zero-order chi connectivity index (χ0) is 14.7. The third-order valence-electron chi connectivity index (χ3n) is 4.09. The van der Waals surface area contributed by atoms with E-state index in [1.54, 1.807) is 0 Å². The number of nitrogens with zero attached hydrogens (tertiary/aromatic N) is 1. The molecule has 3 nitrogen and oxygen atoms in total. The van der Waals surface area contributed by atoms with Crippen LogP contribution in [0.1, 0.15) is 42.1 Å². The summed E-state index contributed by atoms with van der Waals surface area (Å²) >= 11 is 0. The van der Waals surface area contributed by atoms with E-state index in [0.717, 1.165) is 31.7 Å². The first kappa shape index (κ1) is 14.1. The van der Waals surface area contributed by atoms with Crippen molar-refractivity contribution in [3.8, 4) is 5.75 Å². The molecule has 0 bridgehead atoms. The Labute approximate surface area is 126 Å². The second-order valence-corrected chi connectivity index (χ2v) is 5.38. The lowest BCUT2D eigenvalue weighted by Gasteiger charge is -2.22. The van der Waals surface area contributed by atoms with E-state index in [1.807, 2.05) is 12.4 Å². The average molecular weight is 282 g/mol. The highest BCUT2D eigenvalue weighted by Crippen LogP contribution is 2.31. The second kappa shape index (κ2) is 6.27. The van der Waals surface area contributed by atoms with Crippen LogP contribution < -0.4 is 10.1 Å². The highest BCUT2D eigenvalue weighted by Gasteiger charge is 2.19. The molecular weight excluding hydrogens is 260 g/mol. The van der Waals surface area contributed by atoms with E-state index in [2.05, 4.69) is 48.4 Å². The maximum Gasteiger partial charge on any atom is 0.122 e. The minimum absolute atomic E-state index is 0.221. The Kier molecular flexibility index (Phi) is 4.20. The SMILES string of the molecule is CCNC(c1ccc2c(c1)CCO2)c1ccncc1CC. The second-order valence-electron chi connectivity index (χ2n) is 5.38. The molecule has 0 fully saturated rings. The van der Waals surface area contributed by atoms with Crippen LogP contribution in [0.3, 0.4) is 0 Å². The Hall–Kier alpha value is -1.87. The van der Waals surface area contributed by atoms with Crippen LogP contribution >= 0.6 is 0 Å². The summed E-state index contributed by atoms with van der Waals surface area (Å²) in [6.45, 7) is 6.07. The summed E-state index contributed by atoms with van der Waals surface area (Å²) in [5.74, 6) is 1.04. The fraction of sp³-hybridized carbons (Fsp3) is 0.389. The Bertz CT molecular complexity index is 624. The molecule has 1 aromatic heterocycles. The zero-order valence-corrected chi connectivity index (χ0v) is 12.7. The number of hydrogen-bond acceptors (Lipinski definition) is 3. The lowest BCUT2D eigenvalue weighted by molar-refractivity contribution is 0.357. The smallest absolute Gasteiger partial charge is 0.122 e. The number of hydrogen-bond donors (Lipinski definition) is 1. The Morgan fingerprint density at radius 3 is 3.00 bits per heavy atom. The van der Waals surface area contributed by atoms with E-state index in [1.165, 1.54) is 22.3 Å². The number of nitrogens with one attached hydrogen (secondary N) is 1. The van der Waals surface area contributed by atoms with E-state index < -0.39 is 0 Å². The Morgan fingerprint density at radius 2 is 2.19 bits per heavy atom. The van der Waals surface area contributed by atoms with Crippen molar-refractivity contribution in [2.45, 2.75) is 32.7 Å². The van der Waals surface area contributed by atoms with Crippen molar-refractivity contribution in [1.82, 2.24) is 10.3 Å². The Morgan fingerprint density at radius 1 is 1.29 bits per heavy atom. The van der Waals surface area contributed by atoms with Gasteiger partial charge in [-0.3, -0.25) is 4.98 Å². The van der Waals surface area contributed by atoms with Gasteiger partial charge < -0.3 is 10.1 Å². The van der Waals surface area contributed by atoms with Crippen LogP contribution in [0.4, 0.5) is 0 Å². The van der Waals surface area contributed by atoms with Gasteiger partial charge in [-0.25, -0.2) is 0 Å². The van der Waals surface area contributed by atoms with Crippen LogP contribution in [0, 0.1) is 0 Å². The topological polar surface area (TPSA) is 34.1 Å². The maximum atomic E-state index is 5.61. The summed E-state index contributed by atoms with van der Waals surface area (Å²) in [6, 6.07) is 8.93. The average Bonchev–Trinajstić information content (AvgIpc) is 3.00. The molecule has 1 aromatic carbocycles. The Balaban J connectivity index is 2.01. The molecule has 3 heteroatoms. The lowest BCUT2D eigenvalue weighted by Crippen LogP contribution is -2.23. The van der Waals surface area contributed by atoms with Crippen LogP contribution in [-0.4, -0.2) is 18.1 Å². The molecule has 110 valence electrons. The van der Waals surface area contributed by atoms with Crippen LogP contribution in [0.15, 0.2) is 36.7 Å². The molecule has 0 amide bonds. The van der Waals surface area contributed by atoms with Gasteiger partial charge in [0, 0.05) is 18.8 Å². The molecule has 0 saturated carbocycles. The molecule has 0 saturated heterocycles. The summed E-state index contributed by atoms with van der Waals surface area (Å²) in [5, 5.41) is 3.61. The molecule has 1 aliphatic rings. The molecule has 1 N–H and O–H groups in total. The fourth-order valence-electron chi connectivity index (χ4n) is 3.01. The molecule has 0 radical (unpaired) electrons. The van der Waals surface area contributed by atoms with Gasteiger partial charge >= 0.3 is 0 Å². The van der Waals surface area contributed by atoms with Gasteiger partial charge in [0.2, 0.25) is 0 Å². The van der Waals surface area contributed by atoms with E-state index >= 15 is 0 Å². The predicted octanol–water partition coefficient (Wildman–Crippen LogP) is 3.28. The van der Waals surface area contributed by atoms with Crippen molar-refractivity contribution in [3.63, 3.8) is 0 Å². The summed E-state index contributed by atoms with van der Waals surface area (Å²) in [7, 11) is 0. The summed E-state index contributed by atoms with van der Waals surface area (Å²) in [4.78, 5) is 4.26. The number of benzene rings is 1. The number of aryl methyl sites for hydroxylation is 1. The lowest BCUT2D eigenvalue weighted by atomic mass is 9.93. The van der Waals surface area contributed by atoms with Gasteiger partial charge in [0.15, 0.2) is 0 Å². The molecule has 2 aromatic rings. The number of pyridine rings is 1. The molecule has 2 heterocycles. The quantitative estimate of drug-likeness (QED) is 0.914. The third kappa shape index (κ3) is 2.79. The van der Waals surface area contributed by atoms with Gasteiger partial charge in [-0.15, -0.1) is 0 Å². The third-order valence-corrected chi connectivity index (χ3v) is 4.09. The van der Waals surface area contributed by atoms with Gasteiger partial charge in [0.05, 0.1) is 12.6 Å². The van der Waals surface area contributed by atoms with Gasteiger partial charge in [-0.1, -0.05) is 26.0 Å². The van der Waals surface area contributed by atoms with Crippen molar-refractivity contribution in [2.24, 2.45) is 0 Å². The monoisotopic (exact) mass is 282 g/mol. The van der Waals surface area contributed by atoms with Crippen molar-refractivity contribution in [2.75, 3.05) is 13.2 Å². The molecule has 1 aliphatic heterocycles. The van der Waals surface area contributed by atoms with Gasteiger partial charge in [-0.05, 0) is 47.4 Å². The van der Waals surface area contributed by atoms with Crippen LogP contribution in [0.25, 0.3) is 0 Å².